The molecule has 1 N–H and O–H groups in total. The first-order chi connectivity index (χ1) is 6.24. The maximum atomic E-state index is 13.2. The molecule has 0 fully saturated rings. The van der Waals surface area contributed by atoms with Crippen molar-refractivity contribution in [1.82, 2.24) is 5.32 Å². The molecule has 0 aliphatic heterocycles. The minimum atomic E-state index is -0.740. The van der Waals surface area contributed by atoms with Gasteiger partial charge < -0.3 is 5.32 Å². The van der Waals surface area contributed by atoms with Crippen LogP contribution >= 0.6 is 0 Å². The van der Waals surface area contributed by atoms with Crippen molar-refractivity contribution in [3.8, 4) is 0 Å². The van der Waals surface area contributed by atoms with Gasteiger partial charge in [-0.15, -0.1) is 0 Å². The van der Waals surface area contributed by atoms with Crippen LogP contribution < -0.4 is 5.32 Å². The van der Waals surface area contributed by atoms with E-state index >= 15 is 0 Å². The summed E-state index contributed by atoms with van der Waals surface area (Å²) in [6.07, 6.45) is 1.48. The van der Waals surface area contributed by atoms with Gasteiger partial charge in [0.15, 0.2) is 11.6 Å². The second-order valence-corrected chi connectivity index (χ2v) is 3.31. The molecule has 1 nitrogen and oxygen atoms in total. The van der Waals surface area contributed by atoms with Gasteiger partial charge in [-0.3, -0.25) is 0 Å². The Bertz CT molecular complexity index is 336. The van der Waals surface area contributed by atoms with Crippen molar-refractivity contribution >= 4 is 0 Å². The Hall–Kier alpha value is -0.960. The molecule has 0 heterocycles. The van der Waals surface area contributed by atoms with Crippen LogP contribution in [0, 0.1) is 11.6 Å². The van der Waals surface area contributed by atoms with Gasteiger partial charge >= 0.3 is 0 Å². The van der Waals surface area contributed by atoms with Crippen molar-refractivity contribution in [3.05, 3.63) is 34.9 Å². The first-order valence-electron chi connectivity index (χ1n) is 4.38. The molecule has 1 aromatic rings. The van der Waals surface area contributed by atoms with Crippen molar-refractivity contribution in [2.45, 2.75) is 18.9 Å². The van der Waals surface area contributed by atoms with Crippen LogP contribution in [-0.4, -0.2) is 7.05 Å². The lowest BCUT2D eigenvalue weighted by molar-refractivity contribution is 0.500. The normalized spacial score (nSPS) is 20.4. The van der Waals surface area contributed by atoms with E-state index in [1.165, 1.54) is 6.07 Å². The maximum absolute atomic E-state index is 13.2. The zero-order valence-corrected chi connectivity index (χ0v) is 7.40. The van der Waals surface area contributed by atoms with E-state index in [2.05, 4.69) is 5.32 Å². The van der Waals surface area contributed by atoms with E-state index in [0.29, 0.717) is 12.0 Å². The van der Waals surface area contributed by atoms with Crippen molar-refractivity contribution in [2.24, 2.45) is 0 Å². The number of fused-ring (bicyclic) bond motifs is 1. The predicted octanol–water partition coefficient (Wildman–Crippen LogP) is 2.17. The summed E-state index contributed by atoms with van der Waals surface area (Å²) in [5.41, 5.74) is 1.45. The van der Waals surface area contributed by atoms with Crippen molar-refractivity contribution in [2.75, 3.05) is 7.05 Å². The minimum Gasteiger partial charge on any atom is -0.313 e. The van der Waals surface area contributed by atoms with Crippen LogP contribution in [0.4, 0.5) is 8.78 Å². The largest absolute Gasteiger partial charge is 0.313 e. The van der Waals surface area contributed by atoms with Gasteiger partial charge in [-0.1, -0.05) is 6.07 Å². The third-order valence-corrected chi connectivity index (χ3v) is 2.64. The molecule has 0 saturated heterocycles. The molecule has 0 spiro atoms. The molecule has 0 amide bonds. The Kier molecular flexibility index (Phi) is 2.04. The molecule has 1 aromatic carbocycles. The highest BCUT2D eigenvalue weighted by atomic mass is 19.2. The minimum absolute atomic E-state index is 0.185. The van der Waals surface area contributed by atoms with Gasteiger partial charge in [-0.2, -0.15) is 0 Å². The van der Waals surface area contributed by atoms with Gasteiger partial charge in [-0.05, 0) is 37.1 Å². The van der Waals surface area contributed by atoms with E-state index in [1.807, 2.05) is 7.05 Å². The van der Waals surface area contributed by atoms with Crippen LogP contribution in [0.15, 0.2) is 12.1 Å². The third-order valence-electron chi connectivity index (χ3n) is 2.64. The molecule has 1 aliphatic carbocycles. The SMILES string of the molecule is CNC1CCc2c1ccc(F)c2F. The maximum Gasteiger partial charge on any atom is 0.162 e. The molecule has 1 unspecified atom stereocenters. The first kappa shape index (κ1) is 8.63. The van der Waals surface area contributed by atoms with E-state index in [4.69, 9.17) is 0 Å². The van der Waals surface area contributed by atoms with Gasteiger partial charge in [0, 0.05) is 6.04 Å². The average molecular weight is 183 g/mol. The van der Waals surface area contributed by atoms with Crippen LogP contribution in [-0.2, 0) is 6.42 Å². The molecule has 13 heavy (non-hydrogen) atoms. The topological polar surface area (TPSA) is 12.0 Å². The molecule has 70 valence electrons. The number of rotatable bonds is 1. The third kappa shape index (κ3) is 1.23. The van der Waals surface area contributed by atoms with E-state index in [9.17, 15) is 8.78 Å². The summed E-state index contributed by atoms with van der Waals surface area (Å²) < 4.78 is 26.0. The molecule has 0 aromatic heterocycles. The predicted molar refractivity (Wildman–Crippen MR) is 46.5 cm³/mol. The monoisotopic (exact) mass is 183 g/mol. The second-order valence-electron chi connectivity index (χ2n) is 3.31. The summed E-state index contributed by atoms with van der Waals surface area (Å²) in [6, 6.07) is 3.05. The molecule has 0 saturated carbocycles. The van der Waals surface area contributed by atoms with Gasteiger partial charge in [0.2, 0.25) is 0 Å². The average Bonchev–Trinajstić information content (AvgIpc) is 2.55. The Labute approximate surface area is 75.8 Å². The summed E-state index contributed by atoms with van der Waals surface area (Å²) >= 11 is 0. The molecule has 2 rings (SSSR count). The standard InChI is InChI=1S/C10H11F2N/c1-13-9-5-3-7-6(9)2-4-8(11)10(7)12/h2,4,9,13H,3,5H2,1H3. The van der Waals surface area contributed by atoms with Gasteiger partial charge in [0.1, 0.15) is 0 Å². The lowest BCUT2D eigenvalue weighted by Gasteiger charge is -2.09. The Balaban J connectivity index is 2.50. The van der Waals surface area contributed by atoms with E-state index in [1.54, 1.807) is 6.07 Å². The van der Waals surface area contributed by atoms with Crippen LogP contribution in [0.25, 0.3) is 0 Å². The molecular weight excluding hydrogens is 172 g/mol. The number of benzene rings is 1. The molecule has 1 atom stereocenters. The van der Waals surface area contributed by atoms with Gasteiger partial charge in [0.05, 0.1) is 0 Å². The summed E-state index contributed by atoms with van der Waals surface area (Å²) in [5, 5.41) is 3.08. The van der Waals surface area contributed by atoms with E-state index in [-0.39, 0.29) is 6.04 Å². The summed E-state index contributed by atoms with van der Waals surface area (Å²) in [4.78, 5) is 0. The molecule has 3 heteroatoms. The number of halogens is 2. The van der Waals surface area contributed by atoms with Crippen molar-refractivity contribution in [1.29, 1.82) is 0 Å². The van der Waals surface area contributed by atoms with Gasteiger partial charge in [-0.25, -0.2) is 8.78 Å². The molecular formula is C10H11F2N. The Morgan fingerprint density at radius 2 is 2.15 bits per heavy atom. The lowest BCUT2D eigenvalue weighted by Crippen LogP contribution is -2.12. The number of nitrogens with one attached hydrogen (secondary N) is 1. The van der Waals surface area contributed by atoms with Gasteiger partial charge in [0.25, 0.3) is 0 Å². The molecule has 0 radical (unpaired) electrons. The highest BCUT2D eigenvalue weighted by Gasteiger charge is 2.25. The quantitative estimate of drug-likeness (QED) is 0.703. The van der Waals surface area contributed by atoms with E-state index in [0.717, 1.165) is 12.0 Å². The zero-order chi connectivity index (χ0) is 9.42. The van der Waals surface area contributed by atoms with Crippen LogP contribution in [0.3, 0.4) is 0 Å². The fourth-order valence-corrected chi connectivity index (χ4v) is 1.93. The van der Waals surface area contributed by atoms with E-state index < -0.39 is 11.6 Å². The smallest absolute Gasteiger partial charge is 0.162 e. The summed E-state index contributed by atoms with van der Waals surface area (Å²) in [5.74, 6) is -1.41. The lowest BCUT2D eigenvalue weighted by atomic mass is 10.1. The fourth-order valence-electron chi connectivity index (χ4n) is 1.93. The summed E-state index contributed by atoms with van der Waals surface area (Å²) in [6.45, 7) is 0. The Morgan fingerprint density at radius 1 is 1.38 bits per heavy atom. The number of hydrogen-bond acceptors (Lipinski definition) is 1. The summed E-state index contributed by atoms with van der Waals surface area (Å²) in [7, 11) is 1.83. The van der Waals surface area contributed by atoms with Crippen LogP contribution in [0.2, 0.25) is 0 Å². The Morgan fingerprint density at radius 3 is 2.85 bits per heavy atom. The highest BCUT2D eigenvalue weighted by Crippen LogP contribution is 2.33. The zero-order valence-electron chi connectivity index (χ0n) is 7.40. The second kappa shape index (κ2) is 3.07. The van der Waals surface area contributed by atoms with Crippen molar-refractivity contribution < 1.29 is 8.78 Å². The molecule has 0 bridgehead atoms. The highest BCUT2D eigenvalue weighted by molar-refractivity contribution is 5.36. The van der Waals surface area contributed by atoms with Crippen LogP contribution in [0.5, 0.6) is 0 Å². The van der Waals surface area contributed by atoms with Crippen LogP contribution in [0.1, 0.15) is 23.6 Å². The van der Waals surface area contributed by atoms with Crippen molar-refractivity contribution in [3.63, 3.8) is 0 Å². The fraction of sp³-hybridized carbons (Fsp3) is 0.400. The first-order valence-corrected chi connectivity index (χ1v) is 4.38. The molecule has 1 aliphatic rings. The number of hydrogen-bond donors (Lipinski definition) is 1.